The zero-order valence-corrected chi connectivity index (χ0v) is 17.0. The standard InChI is InChI=1S/C20H25N3O5S/c21-15-20(9-2-3-10-20)22-18(24)14-28-19(25)16-7-6-8-17(13-16)29(26,27)23-11-4-1-5-12-23/h6-8,13H,1-5,9-12,14H2,(H,22,24). The molecule has 156 valence electrons. The van der Waals surface area contributed by atoms with Gasteiger partial charge in [-0.2, -0.15) is 9.57 Å². The molecule has 0 radical (unpaired) electrons. The molecule has 29 heavy (non-hydrogen) atoms. The Hall–Kier alpha value is -2.44. The highest BCUT2D eigenvalue weighted by Gasteiger charge is 2.35. The number of sulfonamides is 1. The number of carbonyl (C=O) groups is 2. The van der Waals surface area contributed by atoms with E-state index in [1.165, 1.54) is 28.6 Å². The van der Waals surface area contributed by atoms with Crippen LogP contribution < -0.4 is 5.32 Å². The Morgan fingerprint density at radius 1 is 1.14 bits per heavy atom. The summed E-state index contributed by atoms with van der Waals surface area (Å²) >= 11 is 0. The van der Waals surface area contributed by atoms with Gasteiger partial charge in [-0.25, -0.2) is 13.2 Å². The predicted octanol–water partition coefficient (Wildman–Crippen LogP) is 1.97. The lowest BCUT2D eigenvalue weighted by Gasteiger charge is -2.26. The minimum atomic E-state index is -3.67. The number of nitriles is 1. The minimum absolute atomic E-state index is 0.0349. The van der Waals surface area contributed by atoms with Crippen LogP contribution in [0.15, 0.2) is 29.2 Å². The van der Waals surface area contributed by atoms with E-state index in [2.05, 4.69) is 11.4 Å². The Balaban J connectivity index is 1.62. The molecule has 0 unspecified atom stereocenters. The fraction of sp³-hybridized carbons (Fsp3) is 0.550. The minimum Gasteiger partial charge on any atom is -0.452 e. The number of benzene rings is 1. The van der Waals surface area contributed by atoms with Gasteiger partial charge in [0.1, 0.15) is 5.54 Å². The molecule has 2 aliphatic rings. The molecular weight excluding hydrogens is 394 g/mol. The Bertz CT molecular complexity index is 910. The van der Waals surface area contributed by atoms with Crippen molar-refractivity contribution in [2.75, 3.05) is 19.7 Å². The van der Waals surface area contributed by atoms with Crippen molar-refractivity contribution in [3.63, 3.8) is 0 Å². The summed E-state index contributed by atoms with van der Waals surface area (Å²) in [5.74, 6) is -1.33. The van der Waals surface area contributed by atoms with Crippen LogP contribution in [0.3, 0.4) is 0 Å². The number of rotatable bonds is 6. The van der Waals surface area contributed by atoms with Gasteiger partial charge in [0.25, 0.3) is 5.91 Å². The largest absolute Gasteiger partial charge is 0.452 e. The molecule has 1 aromatic rings. The van der Waals surface area contributed by atoms with Crippen molar-refractivity contribution in [2.24, 2.45) is 0 Å². The Labute approximate surface area is 170 Å². The van der Waals surface area contributed by atoms with Crippen LogP contribution in [0, 0.1) is 11.3 Å². The Morgan fingerprint density at radius 3 is 2.48 bits per heavy atom. The quantitative estimate of drug-likeness (QED) is 0.705. The third-order valence-electron chi connectivity index (χ3n) is 5.41. The highest BCUT2D eigenvalue weighted by Crippen LogP contribution is 2.28. The first-order valence-corrected chi connectivity index (χ1v) is 11.3. The molecule has 9 heteroatoms. The lowest BCUT2D eigenvalue weighted by molar-refractivity contribution is -0.125. The van der Waals surface area contributed by atoms with E-state index in [4.69, 9.17) is 4.74 Å². The molecule has 0 atom stereocenters. The van der Waals surface area contributed by atoms with Crippen molar-refractivity contribution in [1.29, 1.82) is 5.26 Å². The van der Waals surface area contributed by atoms with Crippen LogP contribution in [0.25, 0.3) is 0 Å². The first-order chi connectivity index (χ1) is 13.9. The summed E-state index contributed by atoms with van der Waals surface area (Å²) in [6.07, 6.45) is 5.55. The van der Waals surface area contributed by atoms with Gasteiger partial charge in [-0.15, -0.1) is 0 Å². The van der Waals surface area contributed by atoms with Crippen molar-refractivity contribution in [3.8, 4) is 6.07 Å². The number of nitrogens with zero attached hydrogens (tertiary/aromatic N) is 2. The maximum absolute atomic E-state index is 12.8. The van der Waals surface area contributed by atoms with Crippen molar-refractivity contribution >= 4 is 21.9 Å². The van der Waals surface area contributed by atoms with Gasteiger partial charge in [-0.3, -0.25) is 4.79 Å². The second kappa shape index (κ2) is 8.93. The normalized spacial score (nSPS) is 19.3. The van der Waals surface area contributed by atoms with E-state index >= 15 is 0 Å². The maximum atomic E-state index is 12.8. The van der Waals surface area contributed by atoms with Crippen LogP contribution >= 0.6 is 0 Å². The van der Waals surface area contributed by atoms with Crippen LogP contribution in [-0.2, 0) is 19.6 Å². The van der Waals surface area contributed by atoms with Crippen LogP contribution in [0.5, 0.6) is 0 Å². The topological polar surface area (TPSA) is 117 Å². The lowest BCUT2D eigenvalue weighted by atomic mass is 10.00. The molecule has 0 spiro atoms. The van der Waals surface area contributed by atoms with E-state index in [1.807, 2.05) is 0 Å². The highest BCUT2D eigenvalue weighted by atomic mass is 32.2. The molecule has 3 rings (SSSR count). The lowest BCUT2D eigenvalue weighted by Crippen LogP contribution is -2.46. The van der Waals surface area contributed by atoms with Gasteiger partial charge in [0.15, 0.2) is 6.61 Å². The van der Waals surface area contributed by atoms with Gasteiger partial charge in [0, 0.05) is 13.1 Å². The van der Waals surface area contributed by atoms with Gasteiger partial charge in [0.05, 0.1) is 16.5 Å². The number of piperidine rings is 1. The average molecular weight is 420 g/mol. The molecular formula is C20H25N3O5S. The van der Waals surface area contributed by atoms with Crippen molar-refractivity contribution < 1.29 is 22.7 Å². The molecule has 1 saturated heterocycles. The summed E-state index contributed by atoms with van der Waals surface area (Å²) in [5.41, 5.74) is -0.821. The fourth-order valence-corrected chi connectivity index (χ4v) is 5.36. The van der Waals surface area contributed by atoms with Crippen LogP contribution in [-0.4, -0.2) is 49.8 Å². The van der Waals surface area contributed by atoms with Crippen LogP contribution in [0.2, 0.25) is 0 Å². The number of nitrogens with one attached hydrogen (secondary N) is 1. The summed E-state index contributed by atoms with van der Waals surface area (Å²) in [6, 6.07) is 7.79. The Kier molecular flexibility index (Phi) is 6.55. The molecule has 8 nitrogen and oxygen atoms in total. The number of amides is 1. The molecule has 1 heterocycles. The summed E-state index contributed by atoms with van der Waals surface area (Å²) in [4.78, 5) is 24.4. The van der Waals surface area contributed by atoms with Gasteiger partial charge < -0.3 is 10.1 Å². The number of hydrogen-bond acceptors (Lipinski definition) is 6. The highest BCUT2D eigenvalue weighted by molar-refractivity contribution is 7.89. The van der Waals surface area contributed by atoms with Crippen LogP contribution in [0.1, 0.15) is 55.3 Å². The van der Waals surface area contributed by atoms with E-state index < -0.39 is 34.0 Å². The monoisotopic (exact) mass is 419 g/mol. The number of hydrogen-bond donors (Lipinski definition) is 1. The molecule has 1 saturated carbocycles. The van der Waals surface area contributed by atoms with Crippen LogP contribution in [0.4, 0.5) is 0 Å². The first kappa shape index (κ1) is 21.3. The molecule has 1 aliphatic heterocycles. The zero-order chi connectivity index (χ0) is 20.9. The Morgan fingerprint density at radius 2 is 1.83 bits per heavy atom. The second-order valence-electron chi connectivity index (χ2n) is 7.52. The van der Waals surface area contributed by atoms with E-state index in [9.17, 15) is 23.3 Å². The van der Waals surface area contributed by atoms with Gasteiger partial charge in [-0.1, -0.05) is 12.5 Å². The summed E-state index contributed by atoms with van der Waals surface area (Å²) in [6.45, 7) is 0.418. The van der Waals surface area contributed by atoms with Gasteiger partial charge in [0.2, 0.25) is 10.0 Å². The van der Waals surface area contributed by atoms with E-state index in [0.717, 1.165) is 32.1 Å². The third kappa shape index (κ3) is 4.95. The fourth-order valence-electron chi connectivity index (χ4n) is 3.80. The summed E-state index contributed by atoms with van der Waals surface area (Å²) in [5, 5.41) is 11.9. The molecule has 1 aliphatic carbocycles. The predicted molar refractivity (Wildman–Crippen MR) is 104 cm³/mol. The van der Waals surface area contributed by atoms with E-state index in [0.29, 0.717) is 25.9 Å². The molecule has 0 bridgehead atoms. The molecule has 1 N–H and O–H groups in total. The van der Waals surface area contributed by atoms with E-state index in [-0.39, 0.29) is 10.5 Å². The summed E-state index contributed by atoms with van der Waals surface area (Å²) in [7, 11) is -3.67. The van der Waals surface area contributed by atoms with Crippen molar-refractivity contribution in [3.05, 3.63) is 29.8 Å². The van der Waals surface area contributed by atoms with Gasteiger partial charge in [-0.05, 0) is 56.7 Å². The first-order valence-electron chi connectivity index (χ1n) is 9.86. The van der Waals surface area contributed by atoms with Gasteiger partial charge >= 0.3 is 5.97 Å². The summed E-state index contributed by atoms with van der Waals surface area (Å²) < 4.78 is 32.0. The average Bonchev–Trinajstić information content (AvgIpc) is 3.21. The van der Waals surface area contributed by atoms with Crippen molar-refractivity contribution in [1.82, 2.24) is 9.62 Å². The second-order valence-corrected chi connectivity index (χ2v) is 9.46. The van der Waals surface area contributed by atoms with Crippen molar-refractivity contribution in [2.45, 2.75) is 55.4 Å². The third-order valence-corrected chi connectivity index (χ3v) is 7.30. The number of esters is 1. The number of carbonyl (C=O) groups excluding carboxylic acids is 2. The molecule has 1 amide bonds. The zero-order valence-electron chi connectivity index (χ0n) is 16.2. The molecule has 2 fully saturated rings. The SMILES string of the molecule is N#CC1(NC(=O)COC(=O)c2cccc(S(=O)(=O)N3CCCCC3)c2)CCCC1. The number of ether oxygens (including phenoxy) is 1. The molecule has 0 aromatic heterocycles. The van der Waals surface area contributed by atoms with E-state index in [1.54, 1.807) is 0 Å². The molecule has 1 aromatic carbocycles. The smallest absolute Gasteiger partial charge is 0.338 e. The maximum Gasteiger partial charge on any atom is 0.338 e.